The minimum atomic E-state index is -2.34. The van der Waals surface area contributed by atoms with Crippen molar-refractivity contribution in [1.29, 1.82) is 0 Å². The number of carboxylic acids is 3. The molecule has 14 heteroatoms. The molecule has 0 radical (unpaired) electrons. The van der Waals surface area contributed by atoms with E-state index in [1.807, 2.05) is 0 Å². The van der Waals surface area contributed by atoms with Crippen molar-refractivity contribution in [2.24, 2.45) is 0 Å². The number of carboxylic acid groups (broad SMARTS) is 3. The molecular weight excluding hydrogens is 777 g/mol. The van der Waals surface area contributed by atoms with Crippen molar-refractivity contribution in [3.05, 3.63) is 0 Å². The molecule has 0 saturated carbocycles. The predicted octanol–water partition coefficient (Wildman–Crippen LogP) is 5.87. The first-order chi connectivity index (χ1) is 25.6. The molecule has 2 atom stereocenters. The molecular formula is C44H88CaO13. The number of Topliss-reactive ketones (excluding diaryl/α,β-unsaturated/α-hetero) is 2. The quantitative estimate of drug-likeness (QED) is 0.0382. The molecule has 0 aliphatic rings. The Kier molecular flexibility index (Phi) is 61.7. The fraction of sp³-hybridized carbons (Fsp3) is 0.886. The third kappa shape index (κ3) is 49.2. The molecule has 0 aromatic carbocycles. The van der Waals surface area contributed by atoms with E-state index in [-0.39, 0.29) is 67.0 Å². The number of hydrogen-bond acceptors (Lipinski definition) is 9. The van der Waals surface area contributed by atoms with Gasteiger partial charge in [0.1, 0.15) is 0 Å². The maximum Gasteiger partial charge on any atom is 2.00 e. The van der Waals surface area contributed by atoms with Gasteiger partial charge in [0.25, 0.3) is 5.97 Å². The normalized spacial score (nSPS) is 12.1. The van der Waals surface area contributed by atoms with E-state index in [1.165, 1.54) is 154 Å². The number of hydrogen-bond donors (Lipinski definition) is 3. The van der Waals surface area contributed by atoms with Crippen LogP contribution in [0.3, 0.4) is 0 Å². The largest absolute Gasteiger partial charge is 2.00 e. The van der Waals surface area contributed by atoms with E-state index in [1.54, 1.807) is 0 Å². The monoisotopic (exact) mass is 865 g/mol. The Labute approximate surface area is 382 Å². The summed E-state index contributed by atoms with van der Waals surface area (Å²) in [6.45, 7) is 7.58. The van der Waals surface area contributed by atoms with Gasteiger partial charge < -0.3 is 51.6 Å². The van der Waals surface area contributed by atoms with Crippen LogP contribution in [-0.4, -0.2) is 110 Å². The van der Waals surface area contributed by atoms with E-state index in [0.717, 1.165) is 46.5 Å². The maximum atomic E-state index is 11.6. The summed E-state index contributed by atoms with van der Waals surface area (Å²) < 4.78 is 0. The zero-order valence-corrected chi connectivity index (χ0v) is 39.7. The van der Waals surface area contributed by atoms with Gasteiger partial charge in [-0.3, -0.25) is 14.4 Å². The van der Waals surface area contributed by atoms with Gasteiger partial charge in [0.05, 0.1) is 11.9 Å². The van der Waals surface area contributed by atoms with Crippen LogP contribution in [0, 0.1) is 0 Å². The second-order valence-corrected chi connectivity index (χ2v) is 15.5. The number of ketones is 2. The Bertz CT molecular complexity index is 870. The van der Waals surface area contributed by atoms with Crippen molar-refractivity contribution < 1.29 is 65.9 Å². The van der Waals surface area contributed by atoms with Crippen molar-refractivity contribution in [2.45, 2.75) is 251 Å². The van der Waals surface area contributed by atoms with Crippen LogP contribution in [0.15, 0.2) is 0 Å². The number of carbonyl (C=O) groups excluding carboxylic acids is 4. The summed E-state index contributed by atoms with van der Waals surface area (Å²) in [7, 11) is 0. The summed E-state index contributed by atoms with van der Waals surface area (Å²) in [5, 5.41) is 47.6. The molecule has 0 spiro atoms. The van der Waals surface area contributed by atoms with Gasteiger partial charge in [-0.25, -0.2) is 0 Å². The SMILES string of the molecule is CC(=O)O.CCCCCCCCCCCCCCCCCC(=O)C(C)(O)C(=O)[O-].CCCCCCCCCCCCCCCCCC(=O)C(C)(O)C(=O)[O-].O.O.O.[Ca+2]. The number of aliphatic carboxylic acids is 3. The summed E-state index contributed by atoms with van der Waals surface area (Å²) in [6, 6.07) is 0. The molecule has 0 saturated heterocycles. The fourth-order valence-corrected chi connectivity index (χ4v) is 6.03. The molecule has 2 unspecified atom stereocenters. The molecule has 0 aliphatic carbocycles. The Morgan fingerprint density at radius 2 is 0.534 bits per heavy atom. The molecule has 0 aliphatic heterocycles. The molecule has 9 N–H and O–H groups in total. The molecule has 0 heterocycles. The van der Waals surface area contributed by atoms with Crippen molar-refractivity contribution in [2.75, 3.05) is 0 Å². The summed E-state index contributed by atoms with van der Waals surface area (Å²) in [5.74, 6) is -5.55. The number of carbonyl (C=O) groups is 5. The van der Waals surface area contributed by atoms with Gasteiger partial charge in [0.15, 0.2) is 22.8 Å². The van der Waals surface area contributed by atoms with Crippen molar-refractivity contribution >= 4 is 67.2 Å². The number of rotatable bonds is 36. The van der Waals surface area contributed by atoms with Crippen LogP contribution in [0.25, 0.3) is 0 Å². The Morgan fingerprint density at radius 1 is 0.397 bits per heavy atom. The van der Waals surface area contributed by atoms with Crippen molar-refractivity contribution in [1.82, 2.24) is 0 Å². The number of aliphatic hydroxyl groups is 2. The van der Waals surface area contributed by atoms with E-state index in [0.29, 0.717) is 12.8 Å². The van der Waals surface area contributed by atoms with Crippen LogP contribution < -0.4 is 10.2 Å². The Balaban J connectivity index is -0.000000154. The maximum absolute atomic E-state index is 11.6. The Hall–Kier alpha value is -1.19. The molecule has 0 aromatic rings. The zero-order valence-electron chi connectivity index (χ0n) is 37.5. The second kappa shape index (κ2) is 50.2. The van der Waals surface area contributed by atoms with Crippen LogP contribution in [0.4, 0.5) is 0 Å². The first-order valence-electron chi connectivity index (χ1n) is 21.7. The minimum absolute atomic E-state index is 0. The summed E-state index contributed by atoms with van der Waals surface area (Å²) in [4.78, 5) is 53.4. The predicted molar refractivity (Wildman–Crippen MR) is 230 cm³/mol. The minimum Gasteiger partial charge on any atom is -0.547 e. The van der Waals surface area contributed by atoms with Gasteiger partial charge in [-0.2, -0.15) is 0 Å². The topological polar surface area (TPSA) is 287 Å². The van der Waals surface area contributed by atoms with Crippen LogP contribution in [0.1, 0.15) is 240 Å². The molecule has 344 valence electrons. The number of unbranched alkanes of at least 4 members (excludes halogenated alkanes) is 28. The van der Waals surface area contributed by atoms with Gasteiger partial charge in [-0.15, -0.1) is 0 Å². The van der Waals surface area contributed by atoms with Crippen molar-refractivity contribution in [3.8, 4) is 0 Å². The zero-order chi connectivity index (χ0) is 41.5. The molecule has 0 amide bonds. The molecule has 0 rings (SSSR count). The summed E-state index contributed by atoms with van der Waals surface area (Å²) >= 11 is 0. The average molecular weight is 865 g/mol. The van der Waals surface area contributed by atoms with E-state index in [4.69, 9.17) is 9.90 Å². The van der Waals surface area contributed by atoms with E-state index >= 15 is 0 Å². The molecule has 0 fully saturated rings. The smallest absolute Gasteiger partial charge is 0.547 e. The van der Waals surface area contributed by atoms with E-state index in [2.05, 4.69) is 13.8 Å². The first-order valence-corrected chi connectivity index (χ1v) is 21.7. The van der Waals surface area contributed by atoms with Gasteiger partial charge in [-0.1, -0.05) is 194 Å². The standard InChI is InChI=1S/2C21H40O4.C2H4O2.Ca.3H2O/c2*1-3-4-5-6-7-8-9-10-11-12-13-14-15-16-17-18-19(22)21(2,25)20(23)24;1-2(3)4;;;;/h2*25H,3-18H2,1-2H3,(H,23,24);1H3,(H,3,4);;3*1H2/q;;;+2;;;/p-2. The van der Waals surface area contributed by atoms with Crippen LogP contribution in [0.2, 0.25) is 0 Å². The van der Waals surface area contributed by atoms with Gasteiger partial charge in [-0.05, 0) is 26.7 Å². The van der Waals surface area contributed by atoms with Crippen LogP contribution in [0.5, 0.6) is 0 Å². The van der Waals surface area contributed by atoms with E-state index in [9.17, 15) is 39.6 Å². The van der Waals surface area contributed by atoms with Crippen LogP contribution in [-0.2, 0) is 24.0 Å². The molecule has 58 heavy (non-hydrogen) atoms. The second-order valence-electron chi connectivity index (χ2n) is 15.5. The third-order valence-electron chi connectivity index (χ3n) is 9.90. The van der Waals surface area contributed by atoms with Gasteiger partial charge >= 0.3 is 37.7 Å². The van der Waals surface area contributed by atoms with Gasteiger partial charge in [0.2, 0.25) is 0 Å². The fourth-order valence-electron chi connectivity index (χ4n) is 6.03. The molecule has 0 aromatic heterocycles. The first kappa shape index (κ1) is 71.3. The molecule has 0 bridgehead atoms. The van der Waals surface area contributed by atoms with E-state index < -0.39 is 40.7 Å². The average Bonchev–Trinajstić information content (AvgIpc) is 3.11. The van der Waals surface area contributed by atoms with Crippen LogP contribution >= 0.6 is 0 Å². The van der Waals surface area contributed by atoms with Gasteiger partial charge in [0, 0.05) is 19.8 Å². The molecule has 13 nitrogen and oxygen atoms in total. The summed E-state index contributed by atoms with van der Waals surface area (Å²) in [6.07, 6.45) is 37.4. The van der Waals surface area contributed by atoms with Crippen molar-refractivity contribution in [3.63, 3.8) is 0 Å². The third-order valence-corrected chi connectivity index (χ3v) is 9.90. The summed E-state index contributed by atoms with van der Waals surface area (Å²) in [5.41, 5.74) is -4.67. The Morgan fingerprint density at radius 3 is 0.672 bits per heavy atom.